The molecule has 0 fully saturated rings. The number of aromatic nitrogens is 3. The molecule has 0 bridgehead atoms. The first-order chi connectivity index (χ1) is 22.3. The van der Waals surface area contributed by atoms with Crippen molar-refractivity contribution in [1.82, 2.24) is 19.7 Å². The average Bonchev–Trinajstić information content (AvgIpc) is 3.05. The Labute approximate surface area is 267 Å². The lowest BCUT2D eigenvalue weighted by atomic mass is 10.1. The van der Waals surface area contributed by atoms with E-state index in [0.717, 1.165) is 16.9 Å². The van der Waals surface area contributed by atoms with E-state index >= 15 is 0 Å². The van der Waals surface area contributed by atoms with Crippen molar-refractivity contribution in [3.63, 3.8) is 0 Å². The number of pyridine rings is 1. The quantitative estimate of drug-likeness (QED) is 0.142. The van der Waals surface area contributed by atoms with E-state index < -0.39 is 22.2 Å². The number of anilines is 3. The molecule has 0 saturated carbocycles. The normalized spacial score (nSPS) is 11.1. The van der Waals surface area contributed by atoms with Crippen LogP contribution in [-0.4, -0.2) is 47.7 Å². The first-order valence-electron chi connectivity index (χ1n) is 13.5. The van der Waals surface area contributed by atoms with E-state index in [1.165, 1.54) is 19.2 Å². The number of carboxylic acids is 1. The Balaban J connectivity index is 0.000000644. The van der Waals surface area contributed by atoms with E-state index in [0.29, 0.717) is 28.8 Å². The summed E-state index contributed by atoms with van der Waals surface area (Å²) in [5.41, 5.74) is 8.87. The molecule has 47 heavy (non-hydrogen) atoms. The highest BCUT2D eigenvalue weighted by Crippen LogP contribution is 2.26. The van der Waals surface area contributed by atoms with Crippen LogP contribution in [0.3, 0.4) is 0 Å². The maximum atomic E-state index is 12.6. The number of nitrogens with two attached hydrogens (primary N) is 1. The van der Waals surface area contributed by atoms with Crippen LogP contribution < -0.4 is 25.2 Å². The van der Waals surface area contributed by atoms with Gasteiger partial charge < -0.3 is 25.6 Å². The van der Waals surface area contributed by atoms with Gasteiger partial charge in [0.05, 0.1) is 29.9 Å². The molecule has 0 spiro atoms. The smallest absolute Gasteiger partial charge is 0.490 e. The third-order valence-electron chi connectivity index (χ3n) is 6.02. The second-order valence-corrected chi connectivity index (χ2v) is 11.2. The average molecular weight is 669 g/mol. The number of hydrogen-bond donors (Lipinski definition) is 4. The Morgan fingerprint density at radius 1 is 0.894 bits per heavy atom. The van der Waals surface area contributed by atoms with Crippen molar-refractivity contribution in [3.05, 3.63) is 109 Å². The van der Waals surface area contributed by atoms with Gasteiger partial charge in [0.2, 0.25) is 16.0 Å². The highest BCUT2D eigenvalue weighted by atomic mass is 32.2. The number of aliphatic carboxylic acids is 1. The summed E-state index contributed by atoms with van der Waals surface area (Å²) >= 11 is 0. The number of benzene rings is 3. The fourth-order valence-corrected chi connectivity index (χ4v) is 4.80. The van der Waals surface area contributed by atoms with Crippen LogP contribution >= 0.6 is 0 Å². The summed E-state index contributed by atoms with van der Waals surface area (Å²) in [5, 5.41) is 10.4. The number of alkyl halides is 3. The zero-order chi connectivity index (χ0) is 34.0. The lowest BCUT2D eigenvalue weighted by Gasteiger charge is -2.11. The van der Waals surface area contributed by atoms with Crippen molar-refractivity contribution in [2.75, 3.05) is 18.2 Å². The molecule has 0 radical (unpaired) electrons. The Bertz CT molecular complexity index is 1910. The minimum atomic E-state index is -5.08. The van der Waals surface area contributed by atoms with Crippen molar-refractivity contribution in [1.29, 1.82) is 0 Å². The van der Waals surface area contributed by atoms with Crippen LogP contribution in [0.5, 0.6) is 17.2 Å². The molecule has 5 N–H and O–H groups in total. The van der Waals surface area contributed by atoms with E-state index in [-0.39, 0.29) is 17.4 Å². The zero-order valence-corrected chi connectivity index (χ0v) is 25.3. The summed E-state index contributed by atoms with van der Waals surface area (Å²) in [4.78, 5) is 21.9. The largest absolute Gasteiger partial charge is 0.497 e. The molecule has 3 aromatic carbocycles. The van der Waals surface area contributed by atoms with Gasteiger partial charge in [0.15, 0.2) is 0 Å². The van der Waals surface area contributed by atoms with Gasteiger partial charge in [0.1, 0.15) is 23.1 Å². The predicted octanol–water partition coefficient (Wildman–Crippen LogP) is 5.78. The van der Waals surface area contributed by atoms with Crippen LogP contribution in [0.1, 0.15) is 5.69 Å². The van der Waals surface area contributed by atoms with Crippen LogP contribution in [0, 0.1) is 0 Å². The van der Waals surface area contributed by atoms with Gasteiger partial charge in [-0.2, -0.15) is 18.2 Å². The molecule has 2 heterocycles. The van der Waals surface area contributed by atoms with Crippen molar-refractivity contribution in [2.45, 2.75) is 17.6 Å². The molecule has 2 aromatic heterocycles. The summed E-state index contributed by atoms with van der Waals surface area (Å²) in [6.45, 7) is 0.00144. The molecule has 0 saturated heterocycles. The minimum Gasteiger partial charge on any atom is -0.497 e. The number of halogens is 3. The van der Waals surface area contributed by atoms with Gasteiger partial charge in [-0.05, 0) is 54.6 Å². The lowest BCUT2D eigenvalue weighted by molar-refractivity contribution is -0.192. The highest BCUT2D eigenvalue weighted by Gasteiger charge is 2.38. The maximum Gasteiger partial charge on any atom is 0.490 e. The molecule has 0 unspecified atom stereocenters. The maximum absolute atomic E-state index is 12.6. The summed E-state index contributed by atoms with van der Waals surface area (Å²) < 4.78 is 70.6. The number of nitrogen functional groups attached to an aromatic ring is 1. The third kappa shape index (κ3) is 10.1. The molecule has 0 amide bonds. The number of ether oxygens (including phenoxy) is 2. The van der Waals surface area contributed by atoms with Crippen molar-refractivity contribution in [2.24, 2.45) is 0 Å². The number of nitrogens with one attached hydrogen (secondary N) is 2. The molecule has 0 aliphatic heterocycles. The third-order valence-corrected chi connectivity index (χ3v) is 7.44. The fourth-order valence-electron chi connectivity index (χ4n) is 3.80. The molecule has 16 heteroatoms. The molecule has 244 valence electrons. The molecular weight excluding hydrogens is 641 g/mol. The Morgan fingerprint density at radius 3 is 2.15 bits per heavy atom. The monoisotopic (exact) mass is 668 g/mol. The van der Waals surface area contributed by atoms with E-state index in [4.69, 9.17) is 25.1 Å². The van der Waals surface area contributed by atoms with Crippen LogP contribution in [0.4, 0.5) is 30.6 Å². The molecule has 0 atom stereocenters. The summed E-state index contributed by atoms with van der Waals surface area (Å²) in [6.07, 6.45) is -3.52. The van der Waals surface area contributed by atoms with E-state index in [1.807, 2.05) is 48.5 Å². The zero-order valence-electron chi connectivity index (χ0n) is 24.5. The summed E-state index contributed by atoms with van der Waals surface area (Å²) in [7, 11) is -2.20. The number of hydrogen-bond acceptors (Lipinski definition) is 10. The Morgan fingerprint density at radius 2 is 1.53 bits per heavy atom. The molecule has 0 aliphatic carbocycles. The standard InChI is InChI=1S/C29H26N6O4S.C2HF3O2/c1-38-23-11-13-26(14-12-23)40(36,37)32-19-22-17-25(15-16-31-22)39-24-9-7-21(8-10-24)33-28-18-27(34-29(30)35-28)20-5-3-2-4-6-20;3-2(4,5)1(6)7/h2-18,32H,19H2,1H3,(H3,30,33,34,35);(H,6,7). The predicted molar refractivity (Wildman–Crippen MR) is 167 cm³/mol. The highest BCUT2D eigenvalue weighted by molar-refractivity contribution is 7.89. The Hall–Kier alpha value is -5.74. The number of carbonyl (C=O) groups is 1. The summed E-state index contributed by atoms with van der Waals surface area (Å²) in [5.74, 6) is -0.337. The number of carboxylic acid groups (broad SMARTS) is 1. The van der Waals surface area contributed by atoms with E-state index in [1.54, 1.807) is 42.6 Å². The fraction of sp³-hybridized carbons (Fsp3) is 0.0968. The van der Waals surface area contributed by atoms with Crippen molar-refractivity contribution < 1.29 is 41.0 Å². The second kappa shape index (κ2) is 15.0. The molecule has 12 nitrogen and oxygen atoms in total. The summed E-state index contributed by atoms with van der Waals surface area (Å²) in [6, 6.07) is 28.4. The lowest BCUT2D eigenvalue weighted by Crippen LogP contribution is -2.23. The van der Waals surface area contributed by atoms with Crippen molar-refractivity contribution >= 4 is 33.4 Å². The van der Waals surface area contributed by atoms with Crippen molar-refractivity contribution in [3.8, 4) is 28.5 Å². The van der Waals surface area contributed by atoms with Gasteiger partial charge in [-0.25, -0.2) is 22.9 Å². The second-order valence-electron chi connectivity index (χ2n) is 9.40. The number of nitrogens with zero attached hydrogens (tertiary/aromatic N) is 3. The minimum absolute atomic E-state index is 0.00144. The first-order valence-corrected chi connectivity index (χ1v) is 14.9. The van der Waals surface area contributed by atoms with Gasteiger partial charge in [-0.1, -0.05) is 30.3 Å². The number of sulfonamides is 1. The van der Waals surface area contributed by atoms with Crippen LogP contribution in [0.2, 0.25) is 0 Å². The van der Waals surface area contributed by atoms with Gasteiger partial charge in [0.25, 0.3) is 0 Å². The molecule has 0 aliphatic rings. The molecule has 5 aromatic rings. The SMILES string of the molecule is COc1ccc(S(=O)(=O)NCc2cc(Oc3ccc(Nc4cc(-c5ccccc5)nc(N)n4)cc3)ccn2)cc1.O=C(O)C(F)(F)F. The Kier molecular flexibility index (Phi) is 10.9. The van der Waals surface area contributed by atoms with Gasteiger partial charge >= 0.3 is 12.1 Å². The topological polar surface area (TPSA) is 179 Å². The number of rotatable bonds is 10. The van der Waals surface area contributed by atoms with Gasteiger partial charge in [-0.15, -0.1) is 0 Å². The first kappa shape index (κ1) is 34.1. The van der Waals surface area contributed by atoms with Crippen LogP contribution in [-0.2, 0) is 21.4 Å². The van der Waals surface area contributed by atoms with Gasteiger partial charge in [0, 0.05) is 29.6 Å². The molecular formula is C31H27F3N6O6S. The van der Waals surface area contributed by atoms with Gasteiger partial charge in [-0.3, -0.25) is 4.98 Å². The van der Waals surface area contributed by atoms with E-state index in [9.17, 15) is 21.6 Å². The van der Waals surface area contributed by atoms with Crippen LogP contribution in [0.15, 0.2) is 108 Å². The van der Waals surface area contributed by atoms with E-state index in [2.05, 4.69) is 25.0 Å². The number of methoxy groups -OCH3 is 1. The van der Waals surface area contributed by atoms with Crippen LogP contribution in [0.25, 0.3) is 11.3 Å². The molecule has 5 rings (SSSR count).